The van der Waals surface area contributed by atoms with Gasteiger partial charge in [0.25, 0.3) is 0 Å². The van der Waals surface area contributed by atoms with Crippen molar-refractivity contribution in [1.29, 1.82) is 0 Å². The standard InChI is InChI=1S/C19H14NSi.C17H12N.Ir/c1-21(2)15-9-3-6-12-13-8-5-11-20-19(13)14-7-4-10-16(21)18(14)17(12)15;1-3-7-14(8-4-1)16-11-12-18-17(13-16)15-9-5-2-6-10-15;/h3-6,8-11H,1-2H3;1-9,11-13H;/q2*-1;. The number of benzene rings is 5. The van der Waals surface area contributed by atoms with E-state index in [1.807, 2.05) is 67.0 Å². The van der Waals surface area contributed by atoms with Crippen molar-refractivity contribution in [2.24, 2.45) is 0 Å². The third-order valence-corrected chi connectivity index (χ3v) is 11.4. The molecule has 195 valence electrons. The molecule has 2 aromatic heterocycles. The van der Waals surface area contributed by atoms with Gasteiger partial charge in [-0.05, 0) is 45.2 Å². The summed E-state index contributed by atoms with van der Waals surface area (Å²) in [4.78, 5) is 9.06. The van der Waals surface area contributed by atoms with Crippen LogP contribution >= 0.6 is 0 Å². The fraction of sp³-hybridized carbons (Fsp3) is 0.0556. The second-order valence-electron chi connectivity index (χ2n) is 10.5. The molecule has 5 aromatic carbocycles. The molecule has 0 fully saturated rings. The van der Waals surface area contributed by atoms with E-state index in [1.54, 1.807) is 5.19 Å². The zero-order valence-electron chi connectivity index (χ0n) is 22.3. The Balaban J connectivity index is 0.000000143. The van der Waals surface area contributed by atoms with Crippen LogP contribution in [0.5, 0.6) is 0 Å². The molecule has 8 rings (SSSR count). The van der Waals surface area contributed by atoms with Gasteiger partial charge in [-0.25, -0.2) is 0 Å². The molecule has 7 aromatic rings. The van der Waals surface area contributed by atoms with Gasteiger partial charge in [0, 0.05) is 32.5 Å². The number of fused-ring (bicyclic) bond motifs is 3. The predicted octanol–water partition coefficient (Wildman–Crippen LogP) is 7.69. The molecule has 0 saturated heterocycles. The molecule has 0 unspecified atom stereocenters. The van der Waals surface area contributed by atoms with Crippen LogP contribution < -0.4 is 10.4 Å². The van der Waals surface area contributed by atoms with Crippen molar-refractivity contribution in [3.05, 3.63) is 134 Å². The van der Waals surface area contributed by atoms with Gasteiger partial charge in [0.15, 0.2) is 0 Å². The maximum absolute atomic E-state index is 4.66. The largest absolute Gasteiger partial charge is 0.305 e. The van der Waals surface area contributed by atoms with Crippen molar-refractivity contribution in [3.8, 4) is 22.4 Å². The second-order valence-corrected chi connectivity index (χ2v) is 14.8. The van der Waals surface area contributed by atoms with Crippen molar-refractivity contribution in [2.45, 2.75) is 13.1 Å². The normalized spacial score (nSPS) is 12.8. The van der Waals surface area contributed by atoms with Gasteiger partial charge >= 0.3 is 0 Å². The van der Waals surface area contributed by atoms with Crippen LogP contribution in [0.15, 0.2) is 122 Å². The SMILES string of the molecule is C[Si]1(C)c2cc[c-]c3c4ncccc4c4cccc1c4c23.[Ir].[c-]1ccccc1-c1cc(-c2ccccc2)ccn1. The van der Waals surface area contributed by atoms with Crippen molar-refractivity contribution >= 4 is 50.9 Å². The first-order valence-electron chi connectivity index (χ1n) is 13.3. The molecule has 3 heterocycles. The molecule has 0 amide bonds. The quantitative estimate of drug-likeness (QED) is 0.105. The molecule has 0 bridgehead atoms. The van der Waals surface area contributed by atoms with E-state index in [4.69, 9.17) is 0 Å². The Morgan fingerprint density at radius 1 is 0.600 bits per heavy atom. The predicted molar refractivity (Wildman–Crippen MR) is 166 cm³/mol. The van der Waals surface area contributed by atoms with Gasteiger partial charge in [0.2, 0.25) is 0 Å². The minimum Gasteiger partial charge on any atom is -0.305 e. The van der Waals surface area contributed by atoms with E-state index in [1.165, 1.54) is 43.2 Å². The van der Waals surface area contributed by atoms with Gasteiger partial charge in [-0.3, -0.25) is 0 Å². The fourth-order valence-corrected chi connectivity index (χ4v) is 9.00. The molecule has 0 saturated carbocycles. The first kappa shape index (κ1) is 26.3. The summed E-state index contributed by atoms with van der Waals surface area (Å²) in [6.45, 7) is 4.91. The molecular weight excluding hydrogens is 681 g/mol. The Labute approximate surface area is 249 Å². The van der Waals surface area contributed by atoms with Crippen molar-refractivity contribution in [2.75, 3.05) is 0 Å². The zero-order valence-corrected chi connectivity index (χ0v) is 25.7. The third-order valence-electron chi connectivity index (χ3n) is 7.84. The van der Waals surface area contributed by atoms with Crippen molar-refractivity contribution < 1.29 is 20.1 Å². The van der Waals surface area contributed by atoms with Crippen LogP contribution in [-0.2, 0) is 20.1 Å². The van der Waals surface area contributed by atoms with Crippen LogP contribution in [0.25, 0.3) is 54.8 Å². The molecule has 40 heavy (non-hydrogen) atoms. The van der Waals surface area contributed by atoms with Gasteiger partial charge in [-0.15, -0.1) is 64.7 Å². The van der Waals surface area contributed by atoms with E-state index in [0.717, 1.165) is 16.8 Å². The zero-order chi connectivity index (χ0) is 26.4. The number of nitrogens with zero attached hydrogens (tertiary/aromatic N) is 2. The molecule has 0 aliphatic carbocycles. The summed E-state index contributed by atoms with van der Waals surface area (Å²) in [7, 11) is -1.59. The summed E-state index contributed by atoms with van der Waals surface area (Å²) in [6.07, 6.45) is 3.73. The topological polar surface area (TPSA) is 25.8 Å². The molecular formula is C36H26IrN2Si-2. The van der Waals surface area contributed by atoms with E-state index >= 15 is 0 Å². The summed E-state index contributed by atoms with van der Waals surface area (Å²) in [5.74, 6) is 0. The van der Waals surface area contributed by atoms with Gasteiger partial charge < -0.3 is 9.97 Å². The second kappa shape index (κ2) is 10.6. The Kier molecular flexibility index (Phi) is 6.93. The maximum atomic E-state index is 4.66. The monoisotopic (exact) mass is 707 g/mol. The summed E-state index contributed by atoms with van der Waals surface area (Å²) >= 11 is 0. The maximum Gasteiger partial charge on any atom is 0.0932 e. The molecule has 0 N–H and O–H groups in total. The first-order chi connectivity index (χ1) is 19.1. The van der Waals surface area contributed by atoms with Gasteiger partial charge in [-0.1, -0.05) is 89.7 Å². The van der Waals surface area contributed by atoms with Crippen LogP contribution in [0.3, 0.4) is 0 Å². The molecule has 0 spiro atoms. The Hall–Kier alpha value is -3.95. The third kappa shape index (κ3) is 4.29. The number of hydrogen-bond acceptors (Lipinski definition) is 2. The van der Waals surface area contributed by atoms with E-state index in [2.05, 4.69) is 89.8 Å². The number of pyridine rings is 2. The first-order valence-corrected chi connectivity index (χ1v) is 16.3. The van der Waals surface area contributed by atoms with Crippen LogP contribution in [-0.4, -0.2) is 18.0 Å². The molecule has 1 aliphatic rings. The number of aromatic nitrogens is 2. The van der Waals surface area contributed by atoms with Crippen LogP contribution in [0.4, 0.5) is 0 Å². The fourth-order valence-electron chi connectivity index (χ4n) is 5.94. The molecule has 4 heteroatoms. The van der Waals surface area contributed by atoms with Crippen molar-refractivity contribution in [3.63, 3.8) is 0 Å². The summed E-state index contributed by atoms with van der Waals surface area (Å²) in [6, 6.07) is 44.4. The van der Waals surface area contributed by atoms with E-state index < -0.39 is 8.07 Å². The Morgan fingerprint density at radius 2 is 1.40 bits per heavy atom. The smallest absolute Gasteiger partial charge is 0.0932 e. The van der Waals surface area contributed by atoms with Crippen LogP contribution in [0.1, 0.15) is 0 Å². The molecule has 1 aliphatic heterocycles. The van der Waals surface area contributed by atoms with E-state index in [-0.39, 0.29) is 20.1 Å². The minimum absolute atomic E-state index is 0. The van der Waals surface area contributed by atoms with Gasteiger partial charge in [0.05, 0.1) is 8.07 Å². The average Bonchev–Trinajstić information content (AvgIpc) is 3.25. The molecule has 1 radical (unpaired) electrons. The molecule has 2 nitrogen and oxygen atoms in total. The van der Waals surface area contributed by atoms with E-state index in [0.29, 0.717) is 0 Å². The Morgan fingerprint density at radius 3 is 2.23 bits per heavy atom. The number of rotatable bonds is 2. The number of hydrogen-bond donors (Lipinski definition) is 0. The van der Waals surface area contributed by atoms with Gasteiger partial charge in [0.1, 0.15) is 0 Å². The summed E-state index contributed by atoms with van der Waals surface area (Å²) < 4.78 is 0. The summed E-state index contributed by atoms with van der Waals surface area (Å²) in [5.41, 5.74) is 5.45. The van der Waals surface area contributed by atoms with E-state index in [9.17, 15) is 0 Å². The molecule has 0 atom stereocenters. The van der Waals surface area contributed by atoms with Gasteiger partial charge in [-0.2, -0.15) is 0 Å². The Bertz CT molecular complexity index is 1850. The van der Waals surface area contributed by atoms with Crippen LogP contribution in [0.2, 0.25) is 13.1 Å². The minimum atomic E-state index is -1.59. The van der Waals surface area contributed by atoms with Crippen molar-refractivity contribution in [1.82, 2.24) is 9.97 Å². The van der Waals surface area contributed by atoms with Crippen LogP contribution in [0, 0.1) is 12.1 Å². The summed E-state index contributed by atoms with van der Waals surface area (Å²) in [5, 5.41) is 9.76. The average molecular weight is 707 g/mol.